The molecule has 3 heterocycles. The average Bonchev–Trinajstić information content (AvgIpc) is 3.52. The number of hydrogen-bond acceptors (Lipinski definition) is 8. The molecule has 2 fully saturated rings. The van der Waals surface area contributed by atoms with Gasteiger partial charge in [-0.3, -0.25) is 23.9 Å². The maximum atomic E-state index is 13.2. The van der Waals surface area contributed by atoms with Crippen LogP contribution < -0.4 is 10.6 Å². The van der Waals surface area contributed by atoms with Gasteiger partial charge in [-0.1, -0.05) is 26.0 Å². The summed E-state index contributed by atoms with van der Waals surface area (Å²) >= 11 is 0. The van der Waals surface area contributed by atoms with Gasteiger partial charge in [0.1, 0.15) is 18.0 Å². The molecule has 2 saturated heterocycles. The van der Waals surface area contributed by atoms with Crippen molar-refractivity contribution in [2.24, 2.45) is 11.8 Å². The van der Waals surface area contributed by atoms with Crippen LogP contribution in [0, 0.1) is 11.8 Å². The number of likely N-dealkylation sites (tertiary alicyclic amines) is 2. The minimum atomic E-state index is -4.64. The average molecular weight is 686 g/mol. The molecule has 2 aliphatic rings. The number of aromatic nitrogens is 3. The van der Waals surface area contributed by atoms with Gasteiger partial charge in [-0.05, 0) is 74.0 Å². The fourth-order valence-electron chi connectivity index (χ4n) is 6.52. The molecular weight excluding hydrogens is 643 g/mol. The fraction of sp³-hybridized carbons (Fsp3) is 0.500. The zero-order chi connectivity index (χ0) is 35.5. The number of halogens is 3. The molecule has 0 saturated carbocycles. The molecule has 5 rings (SSSR count). The SMILES string of the molecule is CNC(=O)C1CCN(C(=O)C2CCN(Cc3ccc(-n4c(C(=O)NCC(F)(F)F)nnc4-c4cc(C(C)C)c(O)cc4O)cc3)CC2)CC1. The zero-order valence-electron chi connectivity index (χ0n) is 27.8. The number of piperidine rings is 2. The first kappa shape index (κ1) is 35.6. The Balaban J connectivity index is 1.30. The van der Waals surface area contributed by atoms with Crippen LogP contribution in [0.2, 0.25) is 0 Å². The summed E-state index contributed by atoms with van der Waals surface area (Å²) in [6.45, 7) is 5.36. The molecule has 12 nitrogen and oxygen atoms in total. The van der Waals surface area contributed by atoms with E-state index in [2.05, 4.69) is 20.4 Å². The van der Waals surface area contributed by atoms with Crippen LogP contribution in [0.4, 0.5) is 13.2 Å². The van der Waals surface area contributed by atoms with Crippen LogP contribution in [0.15, 0.2) is 36.4 Å². The molecule has 0 unspecified atom stereocenters. The Hall–Kier alpha value is -4.66. The number of rotatable bonds is 9. The normalized spacial score (nSPS) is 16.6. The zero-order valence-corrected chi connectivity index (χ0v) is 27.8. The van der Waals surface area contributed by atoms with E-state index in [9.17, 15) is 37.8 Å². The van der Waals surface area contributed by atoms with Gasteiger partial charge < -0.3 is 25.7 Å². The summed E-state index contributed by atoms with van der Waals surface area (Å²) in [7, 11) is 1.63. The maximum absolute atomic E-state index is 13.2. The van der Waals surface area contributed by atoms with Crippen LogP contribution >= 0.6 is 0 Å². The monoisotopic (exact) mass is 685 g/mol. The number of phenols is 2. The molecule has 0 spiro atoms. The lowest BCUT2D eigenvalue weighted by atomic mass is 9.91. The van der Waals surface area contributed by atoms with Crippen molar-refractivity contribution in [2.45, 2.75) is 58.2 Å². The second-order valence-corrected chi connectivity index (χ2v) is 13.0. The van der Waals surface area contributed by atoms with Crippen LogP contribution in [0.1, 0.15) is 67.2 Å². The first-order valence-corrected chi connectivity index (χ1v) is 16.4. The van der Waals surface area contributed by atoms with Gasteiger partial charge in [0.2, 0.25) is 17.6 Å². The highest BCUT2D eigenvalue weighted by atomic mass is 19.4. The standard InChI is InChI=1S/C34H42F3N7O5/c1-20(2)25-16-26(28(46)17-27(25)45)29-40-41-30(32(48)39-19-34(35,36)37)44(29)24-6-4-21(5-7-24)18-42-12-8-23(9-13-42)33(49)43-14-10-22(11-15-43)31(47)38-3/h4-7,16-17,20,22-23,45-46H,8-15,18-19H2,1-3H3,(H,38,47)(H,39,48). The molecule has 0 bridgehead atoms. The summed E-state index contributed by atoms with van der Waals surface area (Å²) in [4.78, 5) is 42.2. The van der Waals surface area contributed by atoms with Gasteiger partial charge in [-0.25, -0.2) is 0 Å². The first-order valence-electron chi connectivity index (χ1n) is 16.4. The lowest BCUT2D eigenvalue weighted by Crippen LogP contribution is -2.47. The highest BCUT2D eigenvalue weighted by Gasteiger charge is 2.33. The van der Waals surface area contributed by atoms with Crippen LogP contribution in [-0.4, -0.2) is 98.4 Å². The lowest BCUT2D eigenvalue weighted by molar-refractivity contribution is -0.140. The van der Waals surface area contributed by atoms with Crippen molar-refractivity contribution in [3.05, 3.63) is 53.3 Å². The lowest BCUT2D eigenvalue weighted by Gasteiger charge is -2.37. The van der Waals surface area contributed by atoms with Gasteiger partial charge in [-0.15, -0.1) is 10.2 Å². The molecule has 49 heavy (non-hydrogen) atoms. The minimum Gasteiger partial charge on any atom is -0.508 e. The smallest absolute Gasteiger partial charge is 0.405 e. The second-order valence-electron chi connectivity index (χ2n) is 13.0. The van der Waals surface area contributed by atoms with Gasteiger partial charge in [0.15, 0.2) is 5.82 Å². The third kappa shape index (κ3) is 8.32. The Kier molecular flexibility index (Phi) is 10.8. The highest BCUT2D eigenvalue weighted by Crippen LogP contribution is 2.38. The van der Waals surface area contributed by atoms with Gasteiger partial charge in [-0.2, -0.15) is 13.2 Å². The number of aromatic hydroxyl groups is 2. The Morgan fingerprint density at radius 2 is 1.55 bits per heavy atom. The molecule has 2 aromatic carbocycles. The Labute approximate surface area is 282 Å². The summed E-state index contributed by atoms with van der Waals surface area (Å²) in [5, 5.41) is 33.6. The predicted octanol–water partition coefficient (Wildman–Crippen LogP) is 3.96. The van der Waals surface area contributed by atoms with Crippen molar-refractivity contribution in [1.82, 2.24) is 35.2 Å². The highest BCUT2D eigenvalue weighted by molar-refractivity contribution is 5.92. The molecule has 3 aromatic rings. The van der Waals surface area contributed by atoms with Crippen molar-refractivity contribution >= 4 is 17.7 Å². The Morgan fingerprint density at radius 1 is 0.918 bits per heavy atom. The molecule has 0 radical (unpaired) electrons. The van der Waals surface area contributed by atoms with E-state index in [0.717, 1.165) is 37.6 Å². The van der Waals surface area contributed by atoms with Crippen LogP contribution in [-0.2, 0) is 16.1 Å². The summed E-state index contributed by atoms with van der Waals surface area (Å²) in [6.07, 6.45) is -1.85. The third-order valence-electron chi connectivity index (χ3n) is 9.28. The van der Waals surface area contributed by atoms with Crippen molar-refractivity contribution < 1.29 is 37.8 Å². The van der Waals surface area contributed by atoms with Crippen LogP contribution in [0.3, 0.4) is 0 Å². The number of alkyl halides is 3. The van der Waals surface area contributed by atoms with E-state index in [1.807, 2.05) is 36.2 Å². The van der Waals surface area contributed by atoms with Crippen molar-refractivity contribution in [3.63, 3.8) is 0 Å². The number of nitrogens with zero attached hydrogens (tertiary/aromatic N) is 5. The largest absolute Gasteiger partial charge is 0.508 e. The van der Waals surface area contributed by atoms with Crippen molar-refractivity contribution in [2.75, 3.05) is 39.8 Å². The number of carbonyl (C=O) groups is 3. The summed E-state index contributed by atoms with van der Waals surface area (Å²) in [6, 6.07) is 9.73. The van der Waals surface area contributed by atoms with E-state index in [4.69, 9.17) is 0 Å². The minimum absolute atomic E-state index is 0.00824. The summed E-state index contributed by atoms with van der Waals surface area (Å²) < 4.78 is 40.0. The molecule has 3 amide bonds. The number of hydrogen-bond donors (Lipinski definition) is 4. The number of amides is 3. The van der Waals surface area contributed by atoms with Gasteiger partial charge in [0, 0.05) is 50.3 Å². The van der Waals surface area contributed by atoms with Gasteiger partial charge >= 0.3 is 6.18 Å². The summed E-state index contributed by atoms with van der Waals surface area (Å²) in [5.41, 5.74) is 1.96. The molecule has 264 valence electrons. The predicted molar refractivity (Wildman–Crippen MR) is 174 cm³/mol. The first-order chi connectivity index (χ1) is 23.3. The molecule has 2 aliphatic heterocycles. The quantitative estimate of drug-likeness (QED) is 0.264. The van der Waals surface area contributed by atoms with E-state index in [1.165, 1.54) is 10.6 Å². The van der Waals surface area contributed by atoms with E-state index >= 15 is 0 Å². The maximum Gasteiger partial charge on any atom is 0.405 e. The Morgan fingerprint density at radius 3 is 2.14 bits per heavy atom. The molecule has 0 aliphatic carbocycles. The summed E-state index contributed by atoms with van der Waals surface area (Å²) in [5.74, 6) is -2.04. The molecule has 1 aromatic heterocycles. The van der Waals surface area contributed by atoms with E-state index < -0.39 is 24.5 Å². The molecule has 0 atom stereocenters. The Bertz CT molecular complexity index is 1660. The van der Waals surface area contributed by atoms with Crippen molar-refractivity contribution in [3.8, 4) is 28.6 Å². The number of phenolic OH excluding ortho intramolecular Hbond substituents is 2. The topological polar surface area (TPSA) is 153 Å². The number of nitrogens with one attached hydrogen (secondary N) is 2. The van der Waals surface area contributed by atoms with Gasteiger partial charge in [0.25, 0.3) is 5.91 Å². The van der Waals surface area contributed by atoms with Crippen molar-refractivity contribution in [1.29, 1.82) is 0 Å². The fourth-order valence-corrected chi connectivity index (χ4v) is 6.52. The van der Waals surface area contributed by atoms with Gasteiger partial charge in [0.05, 0.1) is 5.56 Å². The van der Waals surface area contributed by atoms with E-state index in [-0.39, 0.29) is 52.5 Å². The molecule has 4 N–H and O–H groups in total. The van der Waals surface area contributed by atoms with Crippen LogP contribution in [0.25, 0.3) is 17.1 Å². The number of benzene rings is 2. The second kappa shape index (κ2) is 14.8. The van der Waals surface area contributed by atoms with E-state index in [0.29, 0.717) is 43.7 Å². The molecular formula is C34H42F3N7O5. The molecule has 15 heteroatoms. The third-order valence-corrected chi connectivity index (χ3v) is 9.28. The number of carbonyl (C=O) groups excluding carboxylic acids is 3. The van der Waals surface area contributed by atoms with Crippen LogP contribution in [0.5, 0.6) is 11.5 Å². The van der Waals surface area contributed by atoms with E-state index in [1.54, 1.807) is 19.2 Å².